The van der Waals surface area contributed by atoms with Gasteiger partial charge in [-0.1, -0.05) is 0 Å². The normalized spacial score (nSPS) is 32.3. The van der Waals surface area contributed by atoms with Crippen molar-refractivity contribution in [3.8, 4) is 0 Å². The lowest BCUT2D eigenvalue weighted by molar-refractivity contribution is -0.139. The van der Waals surface area contributed by atoms with Gasteiger partial charge in [0.05, 0.1) is 49.4 Å². The number of hydrogen-bond donors (Lipinski definition) is 8. The molecule has 0 amide bonds. The largest absolute Gasteiger partial charge is 0.481 e. The number of aldehydes is 1. The molecule has 1 aliphatic rings. The predicted molar refractivity (Wildman–Crippen MR) is 84.0 cm³/mol. The van der Waals surface area contributed by atoms with Crippen LogP contribution in [0.25, 0.3) is 0 Å². The lowest BCUT2D eigenvalue weighted by atomic mass is 9.79. The van der Waals surface area contributed by atoms with Crippen LogP contribution in [0.1, 0.15) is 12.8 Å². The molecule has 0 aromatic carbocycles. The average Bonchev–Trinajstić information content (AvgIpc) is 2.53. The average molecular weight is 363 g/mol. The van der Waals surface area contributed by atoms with E-state index in [9.17, 15) is 29.7 Å². The molecule has 0 aromatic heterocycles. The first-order valence-electron chi connectivity index (χ1n) is 7.91. The molecule has 0 spiro atoms. The number of aliphatic hydroxyl groups is 3. The molecular weight excluding hydrogens is 338 g/mol. The van der Waals surface area contributed by atoms with E-state index in [0.717, 1.165) is 0 Å². The molecule has 0 aliphatic heterocycles. The number of rotatable bonds is 11. The smallest absolute Gasteiger partial charge is 0.317 e. The maximum atomic E-state index is 10.7. The van der Waals surface area contributed by atoms with Crippen molar-refractivity contribution in [1.82, 2.24) is 16.0 Å². The van der Waals surface area contributed by atoms with Gasteiger partial charge in [-0.25, -0.2) is 0 Å². The third kappa shape index (κ3) is 6.30. The van der Waals surface area contributed by atoms with E-state index in [2.05, 4.69) is 16.0 Å². The Kier molecular flexibility index (Phi) is 8.89. The molecule has 1 rings (SSSR count). The quantitative estimate of drug-likeness (QED) is 0.132. The second kappa shape index (κ2) is 10.4. The molecule has 6 atom stereocenters. The Hall–Kier alpha value is -1.63. The third-order valence-corrected chi connectivity index (χ3v) is 4.06. The molecule has 11 heteroatoms. The molecule has 1 aliphatic carbocycles. The topological polar surface area (TPSA) is 188 Å². The van der Waals surface area contributed by atoms with Gasteiger partial charge >= 0.3 is 11.9 Å². The van der Waals surface area contributed by atoms with Crippen molar-refractivity contribution in [2.45, 2.75) is 49.3 Å². The van der Waals surface area contributed by atoms with Crippen LogP contribution in [0.5, 0.6) is 0 Å². The molecule has 0 aromatic rings. The Labute approximate surface area is 144 Å². The van der Waals surface area contributed by atoms with Crippen LogP contribution >= 0.6 is 0 Å². The van der Waals surface area contributed by atoms with Gasteiger partial charge in [-0.3, -0.25) is 14.9 Å². The number of carbonyl (C=O) groups excluding carboxylic acids is 1. The molecular formula is C14H25N3O8. The summed E-state index contributed by atoms with van der Waals surface area (Å²) >= 11 is 0. The fourth-order valence-corrected chi connectivity index (χ4v) is 2.86. The number of hydrogen-bond acceptors (Lipinski definition) is 9. The summed E-state index contributed by atoms with van der Waals surface area (Å²) < 4.78 is 0. The van der Waals surface area contributed by atoms with Crippen LogP contribution in [0.2, 0.25) is 0 Å². The number of aliphatic carboxylic acids is 2. The SMILES string of the molecule is O=CCCNC1C(O)C(NCCC(=O)O)C(O)C(NCC(=O)O)C1O. The summed E-state index contributed by atoms with van der Waals surface area (Å²) in [5, 5.41) is 56.6. The summed E-state index contributed by atoms with van der Waals surface area (Å²) in [7, 11) is 0. The summed E-state index contributed by atoms with van der Waals surface area (Å²) in [5.74, 6) is -2.25. The van der Waals surface area contributed by atoms with E-state index < -0.39 is 54.9 Å². The van der Waals surface area contributed by atoms with Gasteiger partial charge in [0.2, 0.25) is 0 Å². The summed E-state index contributed by atoms with van der Waals surface area (Å²) in [5.41, 5.74) is 0. The molecule has 1 fully saturated rings. The second-order valence-electron chi connectivity index (χ2n) is 5.83. The van der Waals surface area contributed by atoms with Gasteiger partial charge in [-0.2, -0.15) is 0 Å². The van der Waals surface area contributed by atoms with Crippen LogP contribution in [0.15, 0.2) is 0 Å². The summed E-state index contributed by atoms with van der Waals surface area (Å²) in [4.78, 5) is 31.8. The summed E-state index contributed by atoms with van der Waals surface area (Å²) in [6.07, 6.45) is -3.41. The number of carboxylic acids is 2. The predicted octanol–water partition coefficient (Wildman–Crippen LogP) is -3.89. The molecule has 0 radical (unpaired) electrons. The Bertz CT molecular complexity index is 463. The van der Waals surface area contributed by atoms with Gasteiger partial charge < -0.3 is 41.0 Å². The second-order valence-corrected chi connectivity index (χ2v) is 5.83. The maximum absolute atomic E-state index is 10.7. The van der Waals surface area contributed by atoms with Crippen LogP contribution in [-0.2, 0) is 14.4 Å². The third-order valence-electron chi connectivity index (χ3n) is 4.06. The van der Waals surface area contributed by atoms with Gasteiger partial charge in [0.15, 0.2) is 0 Å². The highest BCUT2D eigenvalue weighted by atomic mass is 16.4. The van der Waals surface area contributed by atoms with E-state index in [-0.39, 0.29) is 25.9 Å². The minimum atomic E-state index is -1.36. The summed E-state index contributed by atoms with van der Waals surface area (Å²) in [6.45, 7) is -0.374. The minimum absolute atomic E-state index is 0.0308. The lowest BCUT2D eigenvalue weighted by Crippen LogP contribution is -2.74. The highest BCUT2D eigenvalue weighted by Gasteiger charge is 2.48. The summed E-state index contributed by atoms with van der Waals surface area (Å²) in [6, 6.07) is -3.02. The molecule has 11 nitrogen and oxygen atoms in total. The molecule has 25 heavy (non-hydrogen) atoms. The van der Waals surface area contributed by atoms with Gasteiger partial charge in [-0.05, 0) is 0 Å². The van der Waals surface area contributed by atoms with Gasteiger partial charge in [0, 0.05) is 19.5 Å². The van der Waals surface area contributed by atoms with Crippen molar-refractivity contribution in [3.05, 3.63) is 0 Å². The Morgan fingerprint density at radius 1 is 0.800 bits per heavy atom. The lowest BCUT2D eigenvalue weighted by Gasteiger charge is -2.47. The van der Waals surface area contributed by atoms with Crippen molar-refractivity contribution in [2.75, 3.05) is 19.6 Å². The van der Waals surface area contributed by atoms with E-state index >= 15 is 0 Å². The zero-order valence-electron chi connectivity index (χ0n) is 13.5. The zero-order chi connectivity index (χ0) is 19.0. The molecule has 8 N–H and O–H groups in total. The Morgan fingerprint density at radius 3 is 1.72 bits per heavy atom. The minimum Gasteiger partial charge on any atom is -0.481 e. The van der Waals surface area contributed by atoms with E-state index in [1.54, 1.807) is 0 Å². The van der Waals surface area contributed by atoms with Crippen LogP contribution in [0.3, 0.4) is 0 Å². The van der Waals surface area contributed by atoms with Gasteiger partial charge in [0.1, 0.15) is 6.29 Å². The Morgan fingerprint density at radius 2 is 1.28 bits per heavy atom. The first kappa shape index (κ1) is 21.4. The van der Waals surface area contributed by atoms with Gasteiger partial charge in [-0.15, -0.1) is 0 Å². The molecule has 6 unspecified atom stereocenters. The van der Waals surface area contributed by atoms with Crippen molar-refractivity contribution < 1.29 is 39.9 Å². The van der Waals surface area contributed by atoms with Crippen LogP contribution < -0.4 is 16.0 Å². The van der Waals surface area contributed by atoms with E-state index in [0.29, 0.717) is 6.29 Å². The number of carboxylic acid groups (broad SMARTS) is 2. The number of nitrogens with one attached hydrogen (secondary N) is 3. The van der Waals surface area contributed by atoms with E-state index in [1.165, 1.54) is 0 Å². The number of carbonyl (C=O) groups is 3. The fourth-order valence-electron chi connectivity index (χ4n) is 2.86. The van der Waals surface area contributed by atoms with E-state index in [1.807, 2.05) is 0 Å². The van der Waals surface area contributed by atoms with Crippen molar-refractivity contribution in [1.29, 1.82) is 0 Å². The monoisotopic (exact) mass is 363 g/mol. The molecule has 0 saturated heterocycles. The number of aliphatic hydroxyl groups excluding tert-OH is 3. The first-order valence-corrected chi connectivity index (χ1v) is 7.91. The van der Waals surface area contributed by atoms with Crippen molar-refractivity contribution in [2.24, 2.45) is 0 Å². The zero-order valence-corrected chi connectivity index (χ0v) is 13.5. The molecule has 144 valence electrons. The van der Waals surface area contributed by atoms with Crippen LogP contribution in [0, 0.1) is 0 Å². The standard InChI is InChI=1S/C14H25N3O8/c18-5-1-3-15-9-12(23)10(16-4-2-7(19)20)14(25)11(13(9)24)17-6-8(21)22/h5,9-17,23-25H,1-4,6H2,(H,19,20)(H,21,22). The van der Waals surface area contributed by atoms with Crippen LogP contribution in [0.4, 0.5) is 0 Å². The van der Waals surface area contributed by atoms with Gasteiger partial charge in [0.25, 0.3) is 0 Å². The van der Waals surface area contributed by atoms with Crippen molar-refractivity contribution >= 4 is 18.2 Å². The maximum Gasteiger partial charge on any atom is 0.317 e. The molecule has 0 heterocycles. The highest BCUT2D eigenvalue weighted by molar-refractivity contribution is 5.69. The fraction of sp³-hybridized carbons (Fsp3) is 0.786. The van der Waals surface area contributed by atoms with Crippen molar-refractivity contribution in [3.63, 3.8) is 0 Å². The van der Waals surface area contributed by atoms with E-state index in [4.69, 9.17) is 10.2 Å². The molecule has 0 bridgehead atoms. The molecule has 1 saturated carbocycles. The highest BCUT2D eigenvalue weighted by Crippen LogP contribution is 2.22. The first-order chi connectivity index (χ1) is 11.8. The van der Waals surface area contributed by atoms with Crippen LogP contribution in [-0.4, -0.2) is 99.8 Å². The Balaban J connectivity index is 2.86.